The molecular weight excluding hydrogens is 210 g/mol. The lowest BCUT2D eigenvalue weighted by molar-refractivity contribution is 0.131. The van der Waals surface area contributed by atoms with E-state index in [1.807, 2.05) is 6.07 Å². The molecule has 1 aliphatic heterocycles. The minimum Gasteiger partial charge on any atom is -0.467 e. The first-order chi connectivity index (χ1) is 7.72. The third-order valence-corrected chi connectivity index (χ3v) is 3.13. The average Bonchev–Trinajstić information content (AvgIpc) is 2.77. The summed E-state index contributed by atoms with van der Waals surface area (Å²) in [5.74, 6) is 0.908. The molecule has 0 aromatic carbocycles. The summed E-state index contributed by atoms with van der Waals surface area (Å²) < 4.78 is 5.16. The summed E-state index contributed by atoms with van der Waals surface area (Å²) in [7, 11) is 0. The number of amides is 1. The van der Waals surface area contributed by atoms with Gasteiger partial charge in [-0.1, -0.05) is 0 Å². The second-order valence-corrected chi connectivity index (χ2v) is 4.00. The Kier molecular flexibility index (Phi) is 3.14. The van der Waals surface area contributed by atoms with Crippen molar-refractivity contribution < 1.29 is 19.4 Å². The lowest BCUT2D eigenvalue weighted by Crippen LogP contribution is -2.36. The molecule has 0 bridgehead atoms. The van der Waals surface area contributed by atoms with Gasteiger partial charge in [-0.3, -0.25) is 0 Å². The number of likely N-dealkylation sites (tertiary alicyclic amines) is 1. The first-order valence-corrected chi connectivity index (χ1v) is 5.37. The largest absolute Gasteiger partial charge is 0.467 e. The van der Waals surface area contributed by atoms with Crippen molar-refractivity contribution in [1.82, 2.24) is 4.90 Å². The Hall–Kier alpha value is -1.49. The first-order valence-electron chi connectivity index (χ1n) is 5.37. The number of piperidine rings is 1. The zero-order valence-corrected chi connectivity index (χ0v) is 8.93. The Morgan fingerprint density at radius 3 is 2.75 bits per heavy atom. The molecule has 1 fully saturated rings. The average molecular weight is 225 g/mol. The molecule has 1 aromatic heterocycles. The molecule has 2 N–H and O–H groups in total. The van der Waals surface area contributed by atoms with Gasteiger partial charge in [0.1, 0.15) is 12.4 Å². The number of hydrogen-bond donors (Lipinski definition) is 2. The van der Waals surface area contributed by atoms with Gasteiger partial charge in [-0.25, -0.2) is 4.79 Å². The van der Waals surface area contributed by atoms with Crippen LogP contribution in [0.15, 0.2) is 16.7 Å². The van der Waals surface area contributed by atoms with E-state index in [1.165, 1.54) is 4.90 Å². The van der Waals surface area contributed by atoms with E-state index in [-0.39, 0.29) is 6.61 Å². The van der Waals surface area contributed by atoms with Gasteiger partial charge in [0.2, 0.25) is 0 Å². The van der Waals surface area contributed by atoms with Crippen molar-refractivity contribution in [2.24, 2.45) is 0 Å². The van der Waals surface area contributed by atoms with Crippen LogP contribution in [0, 0.1) is 0 Å². The monoisotopic (exact) mass is 225 g/mol. The Morgan fingerprint density at radius 2 is 2.19 bits per heavy atom. The molecule has 5 nitrogen and oxygen atoms in total. The Morgan fingerprint density at radius 1 is 1.50 bits per heavy atom. The minimum absolute atomic E-state index is 0.0958. The van der Waals surface area contributed by atoms with Crippen molar-refractivity contribution in [3.63, 3.8) is 0 Å². The van der Waals surface area contributed by atoms with Gasteiger partial charge >= 0.3 is 6.09 Å². The number of hydrogen-bond acceptors (Lipinski definition) is 3. The molecule has 2 heterocycles. The minimum atomic E-state index is -0.854. The van der Waals surface area contributed by atoms with E-state index in [1.54, 1.807) is 6.26 Å². The van der Waals surface area contributed by atoms with Crippen LogP contribution in [-0.2, 0) is 6.61 Å². The van der Waals surface area contributed by atoms with Gasteiger partial charge < -0.3 is 19.5 Å². The summed E-state index contributed by atoms with van der Waals surface area (Å²) in [5.41, 5.74) is 1.02. The van der Waals surface area contributed by atoms with Gasteiger partial charge in [0, 0.05) is 13.1 Å². The smallest absolute Gasteiger partial charge is 0.407 e. The molecule has 2 rings (SSSR count). The molecule has 0 radical (unpaired) electrons. The van der Waals surface area contributed by atoms with Crippen LogP contribution in [0.4, 0.5) is 4.79 Å². The van der Waals surface area contributed by atoms with Gasteiger partial charge in [0.05, 0.1) is 6.26 Å². The van der Waals surface area contributed by atoms with Crippen LogP contribution >= 0.6 is 0 Å². The summed E-state index contributed by atoms with van der Waals surface area (Å²) in [5, 5.41) is 17.9. The molecule has 0 atom stereocenters. The zero-order valence-electron chi connectivity index (χ0n) is 8.93. The topological polar surface area (TPSA) is 73.9 Å². The summed E-state index contributed by atoms with van der Waals surface area (Å²) in [6, 6.07) is 1.87. The van der Waals surface area contributed by atoms with Gasteiger partial charge in [-0.05, 0) is 30.4 Å². The molecule has 1 aliphatic rings. The number of carboxylic acid groups (broad SMARTS) is 1. The van der Waals surface area contributed by atoms with Crippen LogP contribution in [0.1, 0.15) is 30.1 Å². The molecule has 1 aromatic rings. The predicted molar refractivity (Wildman–Crippen MR) is 56.2 cm³/mol. The Labute approximate surface area is 93.3 Å². The third kappa shape index (κ3) is 2.04. The normalized spacial score (nSPS) is 17.7. The van der Waals surface area contributed by atoms with Crippen LogP contribution in [0.25, 0.3) is 0 Å². The molecule has 16 heavy (non-hydrogen) atoms. The van der Waals surface area contributed by atoms with Crippen LogP contribution in [0.5, 0.6) is 0 Å². The maximum atomic E-state index is 10.7. The Balaban J connectivity index is 2.01. The molecule has 88 valence electrons. The lowest BCUT2D eigenvalue weighted by atomic mass is 9.90. The quantitative estimate of drug-likeness (QED) is 0.802. The van der Waals surface area contributed by atoms with E-state index in [2.05, 4.69) is 0 Å². The number of aliphatic hydroxyl groups is 1. The van der Waals surface area contributed by atoms with Crippen molar-refractivity contribution >= 4 is 6.09 Å². The summed E-state index contributed by atoms with van der Waals surface area (Å²) in [6.07, 6.45) is 2.30. The maximum absolute atomic E-state index is 10.7. The second-order valence-electron chi connectivity index (χ2n) is 4.00. The van der Waals surface area contributed by atoms with Crippen molar-refractivity contribution in [1.29, 1.82) is 0 Å². The zero-order chi connectivity index (χ0) is 11.5. The number of carbonyl (C=O) groups is 1. The predicted octanol–water partition coefficient (Wildman–Crippen LogP) is 1.63. The van der Waals surface area contributed by atoms with Gasteiger partial charge in [-0.15, -0.1) is 0 Å². The van der Waals surface area contributed by atoms with E-state index < -0.39 is 6.09 Å². The van der Waals surface area contributed by atoms with E-state index in [0.717, 1.165) is 18.4 Å². The van der Waals surface area contributed by atoms with Crippen molar-refractivity contribution in [2.45, 2.75) is 25.4 Å². The fourth-order valence-electron chi connectivity index (χ4n) is 2.22. The van der Waals surface area contributed by atoms with E-state index in [9.17, 15) is 4.79 Å². The molecule has 5 heteroatoms. The molecular formula is C11H15NO4. The van der Waals surface area contributed by atoms with Crippen LogP contribution in [0.3, 0.4) is 0 Å². The van der Waals surface area contributed by atoms with Crippen LogP contribution in [-0.4, -0.2) is 34.3 Å². The van der Waals surface area contributed by atoms with Crippen LogP contribution < -0.4 is 0 Å². The molecule has 0 saturated carbocycles. The third-order valence-electron chi connectivity index (χ3n) is 3.13. The fourth-order valence-corrected chi connectivity index (χ4v) is 2.22. The fraction of sp³-hybridized carbons (Fsp3) is 0.545. The standard InChI is InChI=1S/C11H15NO4/c13-7-10-9(3-6-16-10)8-1-4-12(5-2-8)11(14)15/h3,6,8,13H,1-2,4-5,7H2,(H,14,15). The molecule has 0 aliphatic carbocycles. The highest BCUT2D eigenvalue weighted by atomic mass is 16.4. The summed E-state index contributed by atoms with van der Waals surface area (Å²) in [6.45, 7) is 1.01. The van der Waals surface area contributed by atoms with Gasteiger partial charge in [0.15, 0.2) is 0 Å². The van der Waals surface area contributed by atoms with Gasteiger partial charge in [0.25, 0.3) is 0 Å². The van der Waals surface area contributed by atoms with Gasteiger partial charge in [-0.2, -0.15) is 0 Å². The van der Waals surface area contributed by atoms with E-state index in [0.29, 0.717) is 24.8 Å². The highest BCUT2D eigenvalue weighted by molar-refractivity contribution is 5.65. The molecule has 0 unspecified atom stereocenters. The number of nitrogens with zero attached hydrogens (tertiary/aromatic N) is 1. The number of aliphatic hydroxyl groups excluding tert-OH is 1. The highest BCUT2D eigenvalue weighted by Gasteiger charge is 2.25. The molecule has 1 saturated heterocycles. The maximum Gasteiger partial charge on any atom is 0.407 e. The van der Waals surface area contributed by atoms with E-state index >= 15 is 0 Å². The highest BCUT2D eigenvalue weighted by Crippen LogP contribution is 2.31. The summed E-state index contributed by atoms with van der Waals surface area (Å²) in [4.78, 5) is 12.2. The van der Waals surface area contributed by atoms with E-state index in [4.69, 9.17) is 14.6 Å². The lowest BCUT2D eigenvalue weighted by Gasteiger charge is -2.29. The van der Waals surface area contributed by atoms with Crippen molar-refractivity contribution in [3.05, 3.63) is 23.7 Å². The number of furan rings is 1. The number of rotatable bonds is 2. The molecule has 0 spiro atoms. The molecule has 1 amide bonds. The summed E-state index contributed by atoms with van der Waals surface area (Å²) >= 11 is 0. The first kappa shape index (κ1) is 11.0. The SMILES string of the molecule is O=C(O)N1CCC(c2ccoc2CO)CC1. The van der Waals surface area contributed by atoms with Crippen molar-refractivity contribution in [2.75, 3.05) is 13.1 Å². The van der Waals surface area contributed by atoms with Crippen LogP contribution in [0.2, 0.25) is 0 Å². The Bertz CT molecular complexity index is 366. The second kappa shape index (κ2) is 4.57. The van der Waals surface area contributed by atoms with Crippen molar-refractivity contribution in [3.8, 4) is 0 Å².